The molecule has 0 bridgehead atoms. The number of anilines is 1. The summed E-state index contributed by atoms with van der Waals surface area (Å²) in [6.07, 6.45) is 2.06. The van der Waals surface area contributed by atoms with Gasteiger partial charge in [0.15, 0.2) is 0 Å². The molecule has 0 fully saturated rings. The lowest BCUT2D eigenvalue weighted by Crippen LogP contribution is -2.24. The average molecular weight is 308 g/mol. The highest BCUT2D eigenvalue weighted by molar-refractivity contribution is 6.30. The Kier molecular flexibility index (Phi) is 5.26. The first-order valence-corrected chi connectivity index (χ1v) is 7.45. The number of rotatable bonds is 6. The van der Waals surface area contributed by atoms with Crippen molar-refractivity contribution in [2.75, 3.05) is 19.0 Å². The molecular weight excluding hydrogens is 286 g/mol. The third-order valence-electron chi connectivity index (χ3n) is 3.41. The van der Waals surface area contributed by atoms with Crippen molar-refractivity contribution in [3.63, 3.8) is 0 Å². The van der Waals surface area contributed by atoms with Gasteiger partial charge in [-0.05, 0) is 38.5 Å². The van der Waals surface area contributed by atoms with Crippen LogP contribution in [0, 0.1) is 6.92 Å². The highest BCUT2D eigenvalue weighted by Gasteiger charge is 2.15. The molecule has 0 aliphatic carbocycles. The number of hydrogen-bond donors (Lipinski definition) is 1. The fraction of sp³-hybridized carbons (Fsp3) is 0.438. The van der Waals surface area contributed by atoms with E-state index in [2.05, 4.69) is 34.9 Å². The number of hydrogen-bond acceptors (Lipinski definition) is 3. The molecule has 2 aromatic rings. The Morgan fingerprint density at radius 3 is 2.57 bits per heavy atom. The molecule has 21 heavy (non-hydrogen) atoms. The monoisotopic (exact) mass is 307 g/mol. The molecule has 1 aromatic heterocycles. The van der Waals surface area contributed by atoms with E-state index in [1.165, 1.54) is 5.56 Å². The van der Waals surface area contributed by atoms with Crippen LogP contribution in [0.5, 0.6) is 0 Å². The van der Waals surface area contributed by atoms with Crippen LogP contribution in [-0.4, -0.2) is 29.3 Å². The largest absolute Gasteiger partial charge is 0.383 e. The highest BCUT2D eigenvalue weighted by Crippen LogP contribution is 2.24. The van der Waals surface area contributed by atoms with Crippen LogP contribution in [0.25, 0.3) is 0 Å². The first kappa shape index (κ1) is 15.9. The van der Waals surface area contributed by atoms with Crippen molar-refractivity contribution in [3.8, 4) is 0 Å². The van der Waals surface area contributed by atoms with Crippen molar-refractivity contribution in [2.24, 2.45) is 0 Å². The number of imidazole rings is 1. The molecule has 0 radical (unpaired) electrons. The fourth-order valence-corrected chi connectivity index (χ4v) is 2.46. The number of ether oxygens (including phenoxy) is 1. The Labute approximate surface area is 131 Å². The second-order valence-electron chi connectivity index (χ2n) is 5.34. The number of nitrogens with zero attached hydrogens (tertiary/aromatic N) is 2. The zero-order valence-electron chi connectivity index (χ0n) is 12.9. The maximum Gasteiger partial charge on any atom is 0.203 e. The Morgan fingerprint density at radius 2 is 1.95 bits per heavy atom. The Balaban J connectivity index is 2.24. The second-order valence-corrected chi connectivity index (χ2v) is 5.78. The van der Waals surface area contributed by atoms with Gasteiger partial charge in [-0.3, -0.25) is 0 Å². The summed E-state index contributed by atoms with van der Waals surface area (Å²) >= 11 is 5.96. The van der Waals surface area contributed by atoms with Crippen molar-refractivity contribution >= 4 is 17.5 Å². The van der Waals surface area contributed by atoms with E-state index in [0.717, 1.165) is 16.7 Å². The van der Waals surface area contributed by atoms with Gasteiger partial charge in [0.25, 0.3) is 0 Å². The third-order valence-corrected chi connectivity index (χ3v) is 3.67. The predicted molar refractivity (Wildman–Crippen MR) is 87.2 cm³/mol. The van der Waals surface area contributed by atoms with E-state index in [4.69, 9.17) is 16.3 Å². The summed E-state index contributed by atoms with van der Waals surface area (Å²) in [6, 6.07) is 8.30. The van der Waals surface area contributed by atoms with E-state index in [0.29, 0.717) is 6.61 Å². The number of halogens is 1. The molecule has 2 unspecified atom stereocenters. The fourth-order valence-electron chi connectivity index (χ4n) is 2.33. The first-order chi connectivity index (χ1) is 10.0. The quantitative estimate of drug-likeness (QED) is 0.879. The van der Waals surface area contributed by atoms with E-state index in [-0.39, 0.29) is 12.1 Å². The van der Waals surface area contributed by atoms with Crippen LogP contribution in [0.2, 0.25) is 5.02 Å². The molecule has 1 N–H and O–H groups in total. The molecule has 4 nitrogen and oxygen atoms in total. The van der Waals surface area contributed by atoms with Gasteiger partial charge in [0, 0.05) is 24.4 Å². The lowest BCUT2D eigenvalue weighted by Gasteiger charge is -2.20. The number of aryl methyl sites for hydroxylation is 1. The van der Waals surface area contributed by atoms with Crippen LogP contribution in [0.1, 0.15) is 31.1 Å². The second kappa shape index (κ2) is 6.96. The van der Waals surface area contributed by atoms with Gasteiger partial charge in [-0.2, -0.15) is 0 Å². The lowest BCUT2D eigenvalue weighted by molar-refractivity contribution is 0.190. The van der Waals surface area contributed by atoms with Gasteiger partial charge in [-0.25, -0.2) is 4.98 Å². The van der Waals surface area contributed by atoms with Crippen molar-refractivity contribution in [2.45, 2.75) is 32.9 Å². The Morgan fingerprint density at radius 1 is 1.29 bits per heavy atom. The van der Waals surface area contributed by atoms with Crippen LogP contribution >= 0.6 is 11.6 Å². The van der Waals surface area contributed by atoms with Gasteiger partial charge in [0.2, 0.25) is 5.95 Å². The van der Waals surface area contributed by atoms with Crippen molar-refractivity contribution < 1.29 is 4.74 Å². The van der Waals surface area contributed by atoms with Gasteiger partial charge in [-0.1, -0.05) is 23.7 Å². The molecule has 0 aliphatic heterocycles. The molecule has 1 aromatic carbocycles. The summed E-state index contributed by atoms with van der Waals surface area (Å²) in [5.41, 5.74) is 2.18. The number of nitrogens with one attached hydrogen (secondary N) is 1. The minimum absolute atomic E-state index is 0.181. The predicted octanol–water partition coefficient (Wildman–Crippen LogP) is 3.90. The smallest absolute Gasteiger partial charge is 0.203 e. The van der Waals surface area contributed by atoms with Crippen molar-refractivity contribution in [1.82, 2.24) is 9.55 Å². The highest BCUT2D eigenvalue weighted by atomic mass is 35.5. The van der Waals surface area contributed by atoms with Crippen LogP contribution in [0.3, 0.4) is 0 Å². The number of methoxy groups -OCH3 is 1. The summed E-state index contributed by atoms with van der Waals surface area (Å²) in [5.74, 6) is 0.861. The van der Waals surface area contributed by atoms with Crippen molar-refractivity contribution in [3.05, 3.63) is 46.7 Å². The summed E-state index contributed by atoms with van der Waals surface area (Å²) in [5, 5.41) is 4.14. The van der Waals surface area contributed by atoms with E-state index in [1.54, 1.807) is 7.11 Å². The zero-order valence-corrected chi connectivity index (χ0v) is 13.7. The molecule has 2 atom stereocenters. The topological polar surface area (TPSA) is 39.1 Å². The minimum atomic E-state index is 0.181. The summed E-state index contributed by atoms with van der Waals surface area (Å²) in [4.78, 5) is 4.57. The van der Waals surface area contributed by atoms with Crippen LogP contribution in [0.4, 0.5) is 5.95 Å². The lowest BCUT2D eigenvalue weighted by atomic mass is 10.1. The van der Waals surface area contributed by atoms with Crippen LogP contribution < -0.4 is 5.32 Å². The average Bonchev–Trinajstić information content (AvgIpc) is 2.79. The summed E-state index contributed by atoms with van der Waals surface area (Å²) < 4.78 is 7.31. The Hall–Kier alpha value is -1.52. The van der Waals surface area contributed by atoms with E-state index in [9.17, 15) is 0 Å². The molecule has 1 heterocycles. The minimum Gasteiger partial charge on any atom is -0.383 e. The van der Waals surface area contributed by atoms with E-state index >= 15 is 0 Å². The number of aromatic nitrogens is 2. The van der Waals surface area contributed by atoms with Crippen LogP contribution in [-0.2, 0) is 4.74 Å². The molecule has 0 saturated heterocycles. The van der Waals surface area contributed by atoms with Gasteiger partial charge in [0.05, 0.1) is 18.3 Å². The Bertz CT molecular complexity index is 580. The summed E-state index contributed by atoms with van der Waals surface area (Å²) in [7, 11) is 1.70. The number of benzene rings is 1. The summed E-state index contributed by atoms with van der Waals surface area (Å²) in [6.45, 7) is 6.86. The maximum absolute atomic E-state index is 5.96. The molecular formula is C16H22ClN3O. The standard InChI is InChI=1S/C16H22ClN3O/c1-11-9-20(16(18-11)19-12(2)10-21-4)13(3)14-5-7-15(17)8-6-14/h5-9,12-13H,10H2,1-4H3,(H,18,19). The van der Waals surface area contributed by atoms with Gasteiger partial charge < -0.3 is 14.6 Å². The molecule has 5 heteroatoms. The van der Waals surface area contributed by atoms with E-state index < -0.39 is 0 Å². The molecule has 2 rings (SSSR count). The van der Waals surface area contributed by atoms with Crippen LogP contribution in [0.15, 0.2) is 30.5 Å². The SMILES string of the molecule is COCC(C)Nc1nc(C)cn1C(C)c1ccc(Cl)cc1. The molecule has 0 aliphatic rings. The van der Waals surface area contributed by atoms with Gasteiger partial charge >= 0.3 is 0 Å². The normalized spacial score (nSPS) is 14.0. The zero-order chi connectivity index (χ0) is 15.4. The van der Waals surface area contributed by atoms with Gasteiger partial charge in [0.1, 0.15) is 0 Å². The maximum atomic E-state index is 5.96. The molecule has 0 spiro atoms. The molecule has 0 amide bonds. The first-order valence-electron chi connectivity index (χ1n) is 7.07. The molecule has 114 valence electrons. The third kappa shape index (κ3) is 3.99. The van der Waals surface area contributed by atoms with Gasteiger partial charge in [-0.15, -0.1) is 0 Å². The van der Waals surface area contributed by atoms with Crippen molar-refractivity contribution in [1.29, 1.82) is 0 Å². The molecule has 0 saturated carbocycles. The van der Waals surface area contributed by atoms with E-state index in [1.807, 2.05) is 31.2 Å².